The Kier molecular flexibility index (Phi) is 4.75. The second-order valence-electron chi connectivity index (χ2n) is 6.54. The van der Waals surface area contributed by atoms with Crippen LogP contribution in [0.4, 0.5) is 5.82 Å². The highest BCUT2D eigenvalue weighted by Gasteiger charge is 2.24. The molecule has 3 rings (SSSR count). The average molecular weight is 338 g/mol. The zero-order valence-electron chi connectivity index (χ0n) is 14.6. The van der Waals surface area contributed by atoms with Crippen molar-refractivity contribution in [3.8, 4) is 6.07 Å². The number of hydrogen-bond acceptors (Lipinski definition) is 4. The first kappa shape index (κ1) is 17.0. The van der Waals surface area contributed by atoms with Gasteiger partial charge in [-0.3, -0.25) is 13.9 Å². The van der Waals surface area contributed by atoms with Gasteiger partial charge in [-0.25, -0.2) is 4.79 Å². The van der Waals surface area contributed by atoms with Crippen LogP contribution in [0.5, 0.6) is 0 Å². The number of rotatable bonds is 2. The summed E-state index contributed by atoms with van der Waals surface area (Å²) in [6.07, 6.45) is 2.94. The van der Waals surface area contributed by atoms with Gasteiger partial charge in [0, 0.05) is 27.2 Å². The van der Waals surface area contributed by atoms with E-state index in [-0.39, 0.29) is 5.56 Å². The molecule has 0 radical (unpaired) electrons. The van der Waals surface area contributed by atoms with E-state index in [9.17, 15) is 14.9 Å². The molecule has 1 aromatic carbocycles. The van der Waals surface area contributed by atoms with Gasteiger partial charge in [0.15, 0.2) is 5.56 Å². The van der Waals surface area contributed by atoms with Crippen LogP contribution in [0.25, 0.3) is 0 Å². The topological polar surface area (TPSA) is 71.0 Å². The van der Waals surface area contributed by atoms with Crippen LogP contribution in [0.2, 0.25) is 0 Å². The molecule has 0 aliphatic carbocycles. The Morgan fingerprint density at radius 1 is 1.04 bits per heavy atom. The highest BCUT2D eigenvalue weighted by molar-refractivity contribution is 5.53. The van der Waals surface area contributed by atoms with E-state index in [1.54, 1.807) is 7.05 Å². The van der Waals surface area contributed by atoms with Gasteiger partial charge in [-0.15, -0.1) is 0 Å². The summed E-state index contributed by atoms with van der Waals surface area (Å²) >= 11 is 0. The van der Waals surface area contributed by atoms with Gasteiger partial charge in [-0.05, 0) is 30.7 Å². The molecule has 0 amide bonds. The number of aromatic nitrogens is 2. The first-order valence-corrected chi connectivity index (χ1v) is 8.54. The number of nitriles is 1. The fourth-order valence-corrected chi connectivity index (χ4v) is 3.67. The van der Waals surface area contributed by atoms with Crippen molar-refractivity contribution in [2.75, 3.05) is 18.0 Å². The Hall–Kier alpha value is -2.81. The van der Waals surface area contributed by atoms with E-state index >= 15 is 0 Å². The molecule has 6 heteroatoms. The highest BCUT2D eigenvalue weighted by Crippen LogP contribution is 2.29. The van der Waals surface area contributed by atoms with Crippen LogP contribution in [0.1, 0.15) is 36.3 Å². The second-order valence-corrected chi connectivity index (χ2v) is 6.54. The van der Waals surface area contributed by atoms with Gasteiger partial charge >= 0.3 is 5.69 Å². The van der Waals surface area contributed by atoms with Gasteiger partial charge in [0.05, 0.1) is 0 Å². The van der Waals surface area contributed by atoms with Gasteiger partial charge in [-0.2, -0.15) is 5.26 Å². The third kappa shape index (κ3) is 3.10. The van der Waals surface area contributed by atoms with Crippen LogP contribution >= 0.6 is 0 Å². The smallest absolute Gasteiger partial charge is 0.332 e. The zero-order chi connectivity index (χ0) is 18.0. The molecule has 2 heterocycles. The molecule has 0 spiro atoms. The van der Waals surface area contributed by atoms with Crippen LogP contribution in [0.15, 0.2) is 39.9 Å². The van der Waals surface area contributed by atoms with E-state index in [1.165, 1.54) is 17.2 Å². The van der Waals surface area contributed by atoms with Crippen LogP contribution < -0.4 is 16.1 Å². The van der Waals surface area contributed by atoms with Crippen molar-refractivity contribution < 1.29 is 0 Å². The summed E-state index contributed by atoms with van der Waals surface area (Å²) in [7, 11) is 3.03. The van der Waals surface area contributed by atoms with Crippen LogP contribution in [0, 0.1) is 11.3 Å². The number of anilines is 1. The Bertz CT molecular complexity index is 921. The third-order valence-electron chi connectivity index (χ3n) is 5.04. The molecule has 0 saturated carbocycles. The molecule has 1 unspecified atom stereocenters. The number of benzene rings is 1. The predicted octanol–water partition coefficient (Wildman–Crippen LogP) is 1.73. The van der Waals surface area contributed by atoms with Gasteiger partial charge < -0.3 is 4.90 Å². The second kappa shape index (κ2) is 6.98. The lowest BCUT2D eigenvalue weighted by atomic mass is 9.92. The molecule has 6 nitrogen and oxygen atoms in total. The van der Waals surface area contributed by atoms with Crippen LogP contribution in [-0.2, 0) is 14.1 Å². The van der Waals surface area contributed by atoms with Crippen molar-refractivity contribution in [1.29, 1.82) is 5.26 Å². The van der Waals surface area contributed by atoms with E-state index < -0.39 is 11.2 Å². The average Bonchev–Trinajstić information content (AvgIpc) is 2.89. The molecule has 130 valence electrons. The maximum atomic E-state index is 12.3. The predicted molar refractivity (Wildman–Crippen MR) is 96.9 cm³/mol. The molecule has 1 saturated heterocycles. The first-order chi connectivity index (χ1) is 12.0. The van der Waals surface area contributed by atoms with Crippen molar-refractivity contribution in [2.45, 2.75) is 25.2 Å². The van der Waals surface area contributed by atoms with Crippen molar-refractivity contribution in [3.05, 3.63) is 62.3 Å². The minimum absolute atomic E-state index is 0.0442. The highest BCUT2D eigenvalue weighted by atomic mass is 16.2. The van der Waals surface area contributed by atoms with Gasteiger partial charge in [-0.1, -0.05) is 30.3 Å². The maximum Gasteiger partial charge on any atom is 0.332 e. The standard InChI is InChI=1S/C19H22N4O2/c1-21-17(16(13-20)18(24)22(2)19(21)25)23-11-6-9-15(10-12-23)14-7-4-3-5-8-14/h3-5,7-8,15H,6,9-12H2,1-2H3. The lowest BCUT2D eigenvalue weighted by Crippen LogP contribution is -2.43. The van der Waals surface area contributed by atoms with Gasteiger partial charge in [0.2, 0.25) is 0 Å². The Balaban J connectivity index is 1.95. The van der Waals surface area contributed by atoms with Crippen LogP contribution in [-0.4, -0.2) is 22.2 Å². The van der Waals surface area contributed by atoms with Crippen molar-refractivity contribution in [1.82, 2.24) is 9.13 Å². The lowest BCUT2D eigenvalue weighted by Gasteiger charge is -2.26. The van der Waals surface area contributed by atoms with Crippen molar-refractivity contribution in [3.63, 3.8) is 0 Å². The summed E-state index contributed by atoms with van der Waals surface area (Å²) in [5.41, 5.74) is 0.442. The fourth-order valence-electron chi connectivity index (χ4n) is 3.67. The molecule has 1 fully saturated rings. The van der Waals surface area contributed by atoms with E-state index in [0.717, 1.165) is 30.4 Å². The summed E-state index contributed by atoms with van der Waals surface area (Å²) < 4.78 is 2.41. The van der Waals surface area contributed by atoms with Gasteiger partial charge in [0.25, 0.3) is 5.56 Å². The minimum atomic E-state index is -0.524. The van der Waals surface area contributed by atoms with E-state index in [4.69, 9.17) is 0 Å². The minimum Gasteiger partial charge on any atom is -0.357 e. The molecule has 1 aliphatic rings. The Morgan fingerprint density at radius 3 is 2.44 bits per heavy atom. The van der Waals surface area contributed by atoms with Crippen LogP contribution in [0.3, 0.4) is 0 Å². The number of nitrogens with zero attached hydrogens (tertiary/aromatic N) is 4. The molecule has 0 N–H and O–H groups in total. The summed E-state index contributed by atoms with van der Waals surface area (Å²) in [5.74, 6) is 0.907. The molecular weight excluding hydrogens is 316 g/mol. The summed E-state index contributed by atoms with van der Waals surface area (Å²) in [4.78, 5) is 26.6. The third-order valence-corrected chi connectivity index (χ3v) is 5.04. The molecule has 1 aliphatic heterocycles. The Morgan fingerprint density at radius 2 is 1.76 bits per heavy atom. The quantitative estimate of drug-likeness (QED) is 0.836. The molecule has 1 aromatic heterocycles. The molecule has 1 atom stereocenters. The van der Waals surface area contributed by atoms with Crippen molar-refractivity contribution in [2.24, 2.45) is 14.1 Å². The van der Waals surface area contributed by atoms with E-state index in [2.05, 4.69) is 24.3 Å². The molecule has 0 bridgehead atoms. The zero-order valence-corrected chi connectivity index (χ0v) is 14.6. The summed E-state index contributed by atoms with van der Waals surface area (Å²) in [6, 6.07) is 12.4. The van der Waals surface area contributed by atoms with Gasteiger partial charge in [0.1, 0.15) is 11.9 Å². The summed E-state index contributed by atoms with van der Waals surface area (Å²) in [5, 5.41) is 9.46. The largest absolute Gasteiger partial charge is 0.357 e. The summed E-state index contributed by atoms with van der Waals surface area (Å²) in [6.45, 7) is 1.45. The van der Waals surface area contributed by atoms with E-state index in [0.29, 0.717) is 18.3 Å². The monoisotopic (exact) mass is 338 g/mol. The molecule has 25 heavy (non-hydrogen) atoms. The fraction of sp³-hybridized carbons (Fsp3) is 0.421. The number of hydrogen-bond donors (Lipinski definition) is 0. The van der Waals surface area contributed by atoms with Crippen molar-refractivity contribution >= 4 is 5.82 Å². The first-order valence-electron chi connectivity index (χ1n) is 8.54. The normalized spacial score (nSPS) is 17.8. The Labute approximate surface area is 146 Å². The molecular formula is C19H22N4O2. The van der Waals surface area contributed by atoms with E-state index in [1.807, 2.05) is 17.0 Å². The SMILES string of the molecule is Cn1c(N2CCCC(c3ccccc3)CC2)c(C#N)c(=O)n(C)c1=O. The lowest BCUT2D eigenvalue weighted by molar-refractivity contribution is 0.610. The maximum absolute atomic E-state index is 12.3. The molecule has 2 aromatic rings.